The van der Waals surface area contributed by atoms with Crippen molar-refractivity contribution < 1.29 is 8.42 Å². The molecule has 1 fully saturated rings. The molecule has 1 aromatic rings. The lowest BCUT2D eigenvalue weighted by Gasteiger charge is -2.17. The van der Waals surface area contributed by atoms with Gasteiger partial charge in [-0.25, -0.2) is 13.6 Å². The van der Waals surface area contributed by atoms with Gasteiger partial charge in [0.15, 0.2) is 0 Å². The van der Waals surface area contributed by atoms with E-state index in [1.54, 1.807) is 12.1 Å². The highest BCUT2D eigenvalue weighted by atomic mass is 32.2. The van der Waals surface area contributed by atoms with Crippen molar-refractivity contribution in [3.05, 3.63) is 18.2 Å². The van der Waals surface area contributed by atoms with Crippen LogP contribution >= 0.6 is 0 Å². The summed E-state index contributed by atoms with van der Waals surface area (Å²) in [7, 11) is -3.76. The Kier molecular flexibility index (Phi) is 3.01. The summed E-state index contributed by atoms with van der Waals surface area (Å²) in [5.41, 5.74) is 6.65. The van der Waals surface area contributed by atoms with E-state index in [9.17, 15) is 8.42 Å². The molecule has 1 atom stereocenters. The number of nitrogens with one attached hydrogen (secondary N) is 1. The molecule has 2 rings (SSSR count). The van der Waals surface area contributed by atoms with Gasteiger partial charge < -0.3 is 11.1 Å². The number of hydrogen-bond donors (Lipinski definition) is 3. The number of nitrogens with two attached hydrogens (primary N) is 2. The van der Waals surface area contributed by atoms with Crippen molar-refractivity contribution in [2.45, 2.75) is 30.7 Å². The van der Waals surface area contributed by atoms with Gasteiger partial charge in [-0.05, 0) is 37.8 Å². The van der Waals surface area contributed by atoms with E-state index in [1.807, 2.05) is 0 Å². The van der Waals surface area contributed by atoms with Crippen LogP contribution in [0.3, 0.4) is 0 Å². The molecular formula is C11H17N3O2S. The first-order valence-corrected chi connectivity index (χ1v) is 7.12. The molecule has 94 valence electrons. The highest BCUT2D eigenvalue weighted by Gasteiger charge is 2.28. The molecule has 1 aliphatic rings. The molecule has 0 aliphatic heterocycles. The maximum atomic E-state index is 11.3. The summed E-state index contributed by atoms with van der Waals surface area (Å²) in [6, 6.07) is 5.12. The first-order valence-electron chi connectivity index (χ1n) is 5.57. The largest absolute Gasteiger partial charge is 0.396 e. The van der Waals surface area contributed by atoms with Crippen molar-refractivity contribution in [1.82, 2.24) is 0 Å². The Hall–Kier alpha value is -1.27. The maximum absolute atomic E-state index is 11.3. The second kappa shape index (κ2) is 4.19. The predicted octanol–water partition coefficient (Wildman–Crippen LogP) is 1.13. The zero-order valence-electron chi connectivity index (χ0n) is 9.68. The lowest BCUT2D eigenvalue weighted by molar-refractivity contribution is 0.598. The third-order valence-corrected chi connectivity index (χ3v) is 4.05. The van der Waals surface area contributed by atoms with Crippen LogP contribution in [0.4, 0.5) is 11.4 Å². The Morgan fingerprint density at radius 1 is 1.41 bits per heavy atom. The van der Waals surface area contributed by atoms with Gasteiger partial charge in [0, 0.05) is 6.04 Å². The number of primary sulfonamides is 1. The van der Waals surface area contributed by atoms with E-state index in [2.05, 4.69) is 12.2 Å². The standard InChI is InChI=1S/C11H17N3O2S/c1-7(8-5-6-8)14-9-3-2-4-10(11(9)12)17(13,15)16/h2-4,7-8,14H,5-6,12H2,1H3,(H2,13,15,16). The van der Waals surface area contributed by atoms with Crippen LogP contribution in [0, 0.1) is 5.92 Å². The first kappa shape index (κ1) is 12.2. The summed E-state index contributed by atoms with van der Waals surface area (Å²) < 4.78 is 22.6. The molecule has 0 saturated heterocycles. The molecule has 1 unspecified atom stereocenters. The number of nitrogen functional groups attached to an aromatic ring is 1. The normalized spacial score (nSPS) is 17.8. The number of para-hydroxylation sites is 1. The van der Waals surface area contributed by atoms with Gasteiger partial charge in [0.2, 0.25) is 10.0 Å². The Bertz CT molecular complexity index is 524. The molecule has 0 radical (unpaired) electrons. The first-order chi connectivity index (χ1) is 7.89. The lowest BCUT2D eigenvalue weighted by Crippen LogP contribution is -2.20. The molecule has 5 nitrogen and oxygen atoms in total. The fourth-order valence-electron chi connectivity index (χ4n) is 1.88. The molecule has 1 aliphatic carbocycles. The Labute approximate surface area is 101 Å². The fourth-order valence-corrected chi connectivity index (χ4v) is 2.56. The molecule has 1 aromatic carbocycles. The summed E-state index contributed by atoms with van der Waals surface area (Å²) >= 11 is 0. The number of sulfonamides is 1. The summed E-state index contributed by atoms with van der Waals surface area (Å²) in [5.74, 6) is 0.660. The smallest absolute Gasteiger partial charge is 0.240 e. The summed E-state index contributed by atoms with van der Waals surface area (Å²) in [5, 5.41) is 8.33. The minimum atomic E-state index is -3.76. The van der Waals surface area contributed by atoms with Crippen molar-refractivity contribution >= 4 is 21.4 Å². The lowest BCUT2D eigenvalue weighted by atomic mass is 10.2. The van der Waals surface area contributed by atoms with Crippen molar-refractivity contribution in [1.29, 1.82) is 0 Å². The molecule has 0 amide bonds. The number of rotatable bonds is 4. The van der Waals surface area contributed by atoms with Crippen LogP contribution in [0.15, 0.2) is 23.1 Å². The van der Waals surface area contributed by atoms with Crippen LogP contribution in [0.2, 0.25) is 0 Å². The van der Waals surface area contributed by atoms with E-state index >= 15 is 0 Å². The van der Waals surface area contributed by atoms with E-state index in [4.69, 9.17) is 10.9 Å². The number of anilines is 2. The number of benzene rings is 1. The average Bonchev–Trinajstić information content (AvgIpc) is 3.02. The highest BCUT2D eigenvalue weighted by molar-refractivity contribution is 7.89. The second-order valence-electron chi connectivity index (χ2n) is 4.53. The molecule has 0 aromatic heterocycles. The topological polar surface area (TPSA) is 98.2 Å². The van der Waals surface area contributed by atoms with Crippen molar-refractivity contribution in [2.24, 2.45) is 11.1 Å². The van der Waals surface area contributed by atoms with Crippen molar-refractivity contribution in [3.8, 4) is 0 Å². The quantitative estimate of drug-likeness (QED) is 0.702. The fraction of sp³-hybridized carbons (Fsp3) is 0.455. The Morgan fingerprint density at radius 3 is 2.59 bits per heavy atom. The third kappa shape index (κ3) is 2.70. The van der Waals surface area contributed by atoms with E-state index < -0.39 is 10.0 Å². The van der Waals surface area contributed by atoms with E-state index in [1.165, 1.54) is 18.9 Å². The van der Waals surface area contributed by atoms with E-state index in [-0.39, 0.29) is 10.6 Å². The maximum Gasteiger partial charge on any atom is 0.240 e. The van der Waals surface area contributed by atoms with Gasteiger partial charge in [-0.1, -0.05) is 6.07 Å². The average molecular weight is 255 g/mol. The zero-order valence-corrected chi connectivity index (χ0v) is 10.5. The Morgan fingerprint density at radius 2 is 2.06 bits per heavy atom. The molecule has 6 heteroatoms. The van der Waals surface area contributed by atoms with Crippen LogP contribution < -0.4 is 16.2 Å². The van der Waals surface area contributed by atoms with Gasteiger partial charge in [0.25, 0.3) is 0 Å². The summed E-state index contributed by atoms with van der Waals surface area (Å²) in [4.78, 5) is -0.0227. The molecular weight excluding hydrogens is 238 g/mol. The Balaban J connectivity index is 2.29. The SMILES string of the molecule is CC(Nc1cccc(S(N)(=O)=O)c1N)C1CC1. The number of hydrogen-bond acceptors (Lipinski definition) is 4. The van der Waals surface area contributed by atoms with Crippen LogP contribution in [0.1, 0.15) is 19.8 Å². The third-order valence-electron chi connectivity index (χ3n) is 3.08. The zero-order chi connectivity index (χ0) is 12.6. The molecule has 0 heterocycles. The molecule has 17 heavy (non-hydrogen) atoms. The van der Waals surface area contributed by atoms with Crippen molar-refractivity contribution in [3.63, 3.8) is 0 Å². The minimum Gasteiger partial charge on any atom is -0.396 e. The van der Waals surface area contributed by atoms with Crippen LogP contribution in [0.25, 0.3) is 0 Å². The van der Waals surface area contributed by atoms with Gasteiger partial charge >= 0.3 is 0 Å². The van der Waals surface area contributed by atoms with Crippen LogP contribution in [-0.4, -0.2) is 14.5 Å². The predicted molar refractivity (Wildman–Crippen MR) is 68.0 cm³/mol. The van der Waals surface area contributed by atoms with Gasteiger partial charge in [0.05, 0.1) is 11.4 Å². The highest BCUT2D eigenvalue weighted by Crippen LogP contribution is 2.35. The molecule has 5 N–H and O–H groups in total. The summed E-state index contributed by atoms with van der Waals surface area (Å²) in [6.07, 6.45) is 2.42. The molecule has 1 saturated carbocycles. The van der Waals surface area contributed by atoms with Crippen molar-refractivity contribution in [2.75, 3.05) is 11.1 Å². The van der Waals surface area contributed by atoms with E-state index in [0.717, 1.165) is 0 Å². The van der Waals surface area contributed by atoms with Crippen LogP contribution in [-0.2, 0) is 10.0 Å². The van der Waals surface area contributed by atoms with E-state index in [0.29, 0.717) is 17.6 Å². The minimum absolute atomic E-state index is 0.0227. The van der Waals surface area contributed by atoms with Gasteiger partial charge in [-0.2, -0.15) is 0 Å². The van der Waals surface area contributed by atoms with Gasteiger partial charge in [-0.15, -0.1) is 0 Å². The van der Waals surface area contributed by atoms with Crippen LogP contribution in [0.5, 0.6) is 0 Å². The monoisotopic (exact) mass is 255 g/mol. The van der Waals surface area contributed by atoms with Gasteiger partial charge in [-0.3, -0.25) is 0 Å². The molecule has 0 bridgehead atoms. The summed E-state index contributed by atoms with van der Waals surface area (Å²) in [6.45, 7) is 2.07. The second-order valence-corrected chi connectivity index (χ2v) is 6.06. The molecule has 0 spiro atoms. The van der Waals surface area contributed by atoms with Gasteiger partial charge in [0.1, 0.15) is 4.90 Å².